The zero-order chi connectivity index (χ0) is 15.4. The molecule has 0 saturated carbocycles. The van der Waals surface area contributed by atoms with Gasteiger partial charge in [0.2, 0.25) is 0 Å². The lowest BCUT2D eigenvalue weighted by atomic mass is 10.1. The predicted octanol–water partition coefficient (Wildman–Crippen LogP) is 3.53. The SMILES string of the molecule is Cc1cc(F)ccc1CNc1ccc(C#N)cc1[N+](=O)[O-]. The first-order valence-corrected chi connectivity index (χ1v) is 6.18. The second-order valence-corrected chi connectivity index (χ2v) is 4.53. The molecule has 2 aromatic carbocycles. The lowest BCUT2D eigenvalue weighted by Gasteiger charge is -2.09. The van der Waals surface area contributed by atoms with E-state index in [0.29, 0.717) is 12.2 Å². The van der Waals surface area contributed by atoms with Crippen molar-refractivity contribution in [3.63, 3.8) is 0 Å². The molecule has 0 amide bonds. The van der Waals surface area contributed by atoms with Crippen molar-refractivity contribution in [2.75, 3.05) is 5.32 Å². The molecule has 0 heterocycles. The predicted molar refractivity (Wildman–Crippen MR) is 76.3 cm³/mol. The average Bonchev–Trinajstić information content (AvgIpc) is 2.46. The fraction of sp³-hybridized carbons (Fsp3) is 0.133. The summed E-state index contributed by atoms with van der Waals surface area (Å²) in [6, 6.07) is 10.5. The topological polar surface area (TPSA) is 79.0 Å². The van der Waals surface area contributed by atoms with Crippen molar-refractivity contribution in [1.82, 2.24) is 0 Å². The van der Waals surface area contributed by atoms with Crippen LogP contribution in [0.3, 0.4) is 0 Å². The molecule has 1 N–H and O–H groups in total. The molecule has 6 heteroatoms. The van der Waals surface area contributed by atoms with Crippen LogP contribution < -0.4 is 5.32 Å². The third-order valence-corrected chi connectivity index (χ3v) is 3.10. The Balaban J connectivity index is 2.24. The van der Waals surface area contributed by atoms with Gasteiger partial charge in [-0.3, -0.25) is 10.1 Å². The standard InChI is InChI=1S/C15H12FN3O2/c1-10-6-13(16)4-3-12(10)9-18-14-5-2-11(8-17)7-15(14)19(20)21/h2-7,18H,9H2,1H3. The highest BCUT2D eigenvalue weighted by molar-refractivity contribution is 5.64. The highest BCUT2D eigenvalue weighted by Gasteiger charge is 2.14. The number of aryl methyl sites for hydroxylation is 1. The van der Waals surface area contributed by atoms with Crippen LogP contribution >= 0.6 is 0 Å². The van der Waals surface area contributed by atoms with Crippen LogP contribution in [0.4, 0.5) is 15.8 Å². The first-order valence-electron chi connectivity index (χ1n) is 6.18. The Morgan fingerprint density at radius 1 is 1.33 bits per heavy atom. The Bertz CT molecular complexity index is 738. The number of nitrogens with one attached hydrogen (secondary N) is 1. The second-order valence-electron chi connectivity index (χ2n) is 4.53. The maximum atomic E-state index is 13.0. The van der Waals surface area contributed by atoms with Crippen LogP contribution in [0.1, 0.15) is 16.7 Å². The molecule has 0 bridgehead atoms. The summed E-state index contributed by atoms with van der Waals surface area (Å²) in [6.07, 6.45) is 0. The third-order valence-electron chi connectivity index (χ3n) is 3.10. The van der Waals surface area contributed by atoms with E-state index in [1.54, 1.807) is 13.0 Å². The molecule has 2 rings (SSSR count). The van der Waals surface area contributed by atoms with E-state index in [2.05, 4.69) is 5.32 Å². The molecule has 21 heavy (non-hydrogen) atoms. The van der Waals surface area contributed by atoms with Crippen molar-refractivity contribution in [1.29, 1.82) is 5.26 Å². The van der Waals surface area contributed by atoms with Gasteiger partial charge in [0, 0.05) is 12.6 Å². The maximum absolute atomic E-state index is 13.0. The number of hydrogen-bond acceptors (Lipinski definition) is 4. The molecule has 0 aliphatic carbocycles. The number of anilines is 1. The molecule has 0 saturated heterocycles. The third kappa shape index (κ3) is 3.34. The summed E-state index contributed by atoms with van der Waals surface area (Å²) in [5.74, 6) is -0.319. The molecular formula is C15H12FN3O2. The Kier molecular flexibility index (Phi) is 4.14. The largest absolute Gasteiger partial charge is 0.375 e. The molecule has 0 fully saturated rings. The zero-order valence-corrected chi connectivity index (χ0v) is 11.3. The van der Waals surface area contributed by atoms with E-state index in [-0.39, 0.29) is 17.1 Å². The van der Waals surface area contributed by atoms with E-state index in [1.807, 2.05) is 6.07 Å². The number of rotatable bonds is 4. The molecular weight excluding hydrogens is 273 g/mol. The molecule has 0 radical (unpaired) electrons. The number of hydrogen-bond donors (Lipinski definition) is 1. The molecule has 0 aliphatic heterocycles. The maximum Gasteiger partial charge on any atom is 0.293 e. The van der Waals surface area contributed by atoms with Gasteiger partial charge in [-0.05, 0) is 42.3 Å². The smallest absolute Gasteiger partial charge is 0.293 e. The molecule has 106 valence electrons. The van der Waals surface area contributed by atoms with E-state index >= 15 is 0 Å². The van der Waals surface area contributed by atoms with Crippen molar-refractivity contribution >= 4 is 11.4 Å². The van der Waals surface area contributed by atoms with Crippen LogP contribution in [0, 0.1) is 34.2 Å². The minimum atomic E-state index is -0.541. The lowest BCUT2D eigenvalue weighted by molar-refractivity contribution is -0.384. The number of nitro benzene ring substituents is 1. The first kappa shape index (κ1) is 14.5. The molecule has 0 spiro atoms. The van der Waals surface area contributed by atoms with Crippen LogP contribution in [0.2, 0.25) is 0 Å². The first-order chi connectivity index (χ1) is 10.0. The van der Waals surface area contributed by atoms with E-state index in [1.165, 1.54) is 30.3 Å². The summed E-state index contributed by atoms with van der Waals surface area (Å²) in [7, 11) is 0. The highest BCUT2D eigenvalue weighted by Crippen LogP contribution is 2.26. The minimum absolute atomic E-state index is 0.159. The number of nitro groups is 1. The van der Waals surface area contributed by atoms with Gasteiger partial charge in [0.1, 0.15) is 11.5 Å². The average molecular weight is 285 g/mol. The normalized spacial score (nSPS) is 9.95. The van der Waals surface area contributed by atoms with Crippen molar-refractivity contribution in [3.8, 4) is 6.07 Å². The van der Waals surface area contributed by atoms with Crippen molar-refractivity contribution in [2.24, 2.45) is 0 Å². The van der Waals surface area contributed by atoms with Crippen LogP contribution in [0.25, 0.3) is 0 Å². The Morgan fingerprint density at radius 2 is 2.10 bits per heavy atom. The van der Waals surface area contributed by atoms with E-state index < -0.39 is 4.92 Å². The molecule has 2 aromatic rings. The van der Waals surface area contributed by atoms with Crippen LogP contribution in [0.15, 0.2) is 36.4 Å². The fourth-order valence-corrected chi connectivity index (χ4v) is 1.95. The molecule has 5 nitrogen and oxygen atoms in total. The van der Waals surface area contributed by atoms with Crippen molar-refractivity contribution in [2.45, 2.75) is 13.5 Å². The van der Waals surface area contributed by atoms with Gasteiger partial charge in [-0.25, -0.2) is 4.39 Å². The van der Waals surface area contributed by atoms with Crippen molar-refractivity contribution < 1.29 is 9.31 Å². The summed E-state index contributed by atoms with van der Waals surface area (Å²) in [5, 5.41) is 22.7. The molecule has 0 aromatic heterocycles. The number of nitrogens with zero attached hydrogens (tertiary/aromatic N) is 2. The van der Waals surface area contributed by atoms with Crippen LogP contribution in [-0.4, -0.2) is 4.92 Å². The van der Waals surface area contributed by atoms with Gasteiger partial charge in [-0.2, -0.15) is 5.26 Å². The Hall–Kier alpha value is -2.94. The quantitative estimate of drug-likeness (QED) is 0.688. The van der Waals surface area contributed by atoms with Crippen LogP contribution in [-0.2, 0) is 6.54 Å². The molecule has 0 aliphatic rings. The van der Waals surface area contributed by atoms with Gasteiger partial charge in [0.05, 0.1) is 16.6 Å². The van der Waals surface area contributed by atoms with Gasteiger partial charge >= 0.3 is 0 Å². The molecule has 0 unspecified atom stereocenters. The van der Waals surface area contributed by atoms with Crippen LogP contribution in [0.5, 0.6) is 0 Å². The zero-order valence-electron chi connectivity index (χ0n) is 11.3. The second kappa shape index (κ2) is 6.01. The number of benzene rings is 2. The summed E-state index contributed by atoms with van der Waals surface area (Å²) in [6.45, 7) is 2.10. The summed E-state index contributed by atoms with van der Waals surface area (Å²) in [4.78, 5) is 10.5. The Morgan fingerprint density at radius 3 is 2.71 bits per heavy atom. The summed E-state index contributed by atoms with van der Waals surface area (Å²) >= 11 is 0. The number of halogens is 1. The summed E-state index contributed by atoms with van der Waals surface area (Å²) < 4.78 is 13.0. The highest BCUT2D eigenvalue weighted by atomic mass is 19.1. The monoisotopic (exact) mass is 285 g/mol. The minimum Gasteiger partial charge on any atom is -0.375 e. The van der Waals surface area contributed by atoms with Gasteiger partial charge in [-0.15, -0.1) is 0 Å². The Labute approximate surface area is 120 Å². The number of nitriles is 1. The van der Waals surface area contributed by atoms with E-state index in [0.717, 1.165) is 11.1 Å². The molecule has 0 atom stereocenters. The van der Waals surface area contributed by atoms with Gasteiger partial charge < -0.3 is 5.32 Å². The van der Waals surface area contributed by atoms with Crippen molar-refractivity contribution in [3.05, 3.63) is 69.0 Å². The van der Waals surface area contributed by atoms with Gasteiger partial charge in [0.15, 0.2) is 0 Å². The lowest BCUT2D eigenvalue weighted by Crippen LogP contribution is -2.04. The van der Waals surface area contributed by atoms with E-state index in [9.17, 15) is 14.5 Å². The fourth-order valence-electron chi connectivity index (χ4n) is 1.95. The van der Waals surface area contributed by atoms with E-state index in [4.69, 9.17) is 5.26 Å². The van der Waals surface area contributed by atoms with Gasteiger partial charge in [0.25, 0.3) is 5.69 Å². The summed E-state index contributed by atoms with van der Waals surface area (Å²) in [5.41, 5.74) is 2.00. The van der Waals surface area contributed by atoms with Gasteiger partial charge in [-0.1, -0.05) is 6.07 Å².